The van der Waals surface area contributed by atoms with E-state index in [1.165, 1.54) is 31.1 Å². The van der Waals surface area contributed by atoms with Crippen LogP contribution in [-0.4, -0.2) is 17.1 Å². The Kier molecular flexibility index (Phi) is 7.21. The Labute approximate surface area is 184 Å². The minimum Gasteiger partial charge on any atom is -0.492 e. The molecule has 0 atom stereocenters. The predicted molar refractivity (Wildman–Crippen MR) is 110 cm³/mol. The number of nitrogens with zero attached hydrogens (tertiary/aromatic N) is 2. The van der Waals surface area contributed by atoms with Gasteiger partial charge in [0.2, 0.25) is 0 Å². The van der Waals surface area contributed by atoms with Crippen LogP contribution in [0.15, 0.2) is 63.7 Å². The van der Waals surface area contributed by atoms with E-state index >= 15 is 0 Å². The van der Waals surface area contributed by atoms with Gasteiger partial charge in [-0.05, 0) is 35.9 Å². The van der Waals surface area contributed by atoms with Gasteiger partial charge in [0.1, 0.15) is 5.03 Å². The zero-order valence-electron chi connectivity index (χ0n) is 14.8. The second-order valence-corrected chi connectivity index (χ2v) is 8.51. The number of hydrogen-bond acceptors (Lipinski definition) is 5. The molecule has 0 saturated carbocycles. The number of hydrogen-bond donors (Lipinski definition) is 0. The monoisotopic (exact) mass is 476 g/mol. The van der Waals surface area contributed by atoms with Crippen LogP contribution in [0.1, 0.15) is 11.1 Å². The first-order chi connectivity index (χ1) is 13.8. The summed E-state index contributed by atoms with van der Waals surface area (Å²) in [6.07, 6.45) is -2.91. The second-order valence-electron chi connectivity index (χ2n) is 5.69. The van der Waals surface area contributed by atoms with Gasteiger partial charge >= 0.3 is 6.18 Å². The van der Waals surface area contributed by atoms with E-state index in [0.717, 1.165) is 29.5 Å². The maximum atomic E-state index is 13.0. The molecule has 1 aromatic heterocycles. The van der Waals surface area contributed by atoms with Crippen LogP contribution < -0.4 is 4.74 Å². The van der Waals surface area contributed by atoms with Gasteiger partial charge in [0.15, 0.2) is 10.9 Å². The Bertz CT molecular complexity index is 1020. The maximum Gasteiger partial charge on any atom is 0.416 e. The third-order valence-corrected chi connectivity index (χ3v) is 6.30. The van der Waals surface area contributed by atoms with Crippen molar-refractivity contribution in [3.63, 3.8) is 0 Å². The molecule has 0 N–H and O–H groups in total. The number of benzene rings is 2. The molecule has 0 aliphatic heterocycles. The van der Waals surface area contributed by atoms with E-state index in [-0.39, 0.29) is 0 Å². The molecule has 0 spiro atoms. The van der Waals surface area contributed by atoms with Gasteiger partial charge < -0.3 is 4.74 Å². The molecule has 0 bridgehead atoms. The normalized spacial score (nSPS) is 11.5. The second kappa shape index (κ2) is 9.47. The number of halogens is 5. The van der Waals surface area contributed by atoms with Crippen molar-refractivity contribution in [2.24, 2.45) is 0 Å². The molecule has 1 heterocycles. The Morgan fingerprint density at radius 1 is 1.07 bits per heavy atom. The average molecular weight is 477 g/mol. The van der Waals surface area contributed by atoms with E-state index in [2.05, 4.69) is 9.97 Å². The van der Waals surface area contributed by atoms with E-state index < -0.39 is 11.7 Å². The van der Waals surface area contributed by atoms with Gasteiger partial charge in [-0.15, -0.1) is 0 Å². The number of rotatable bonds is 6. The van der Waals surface area contributed by atoms with Crippen molar-refractivity contribution < 1.29 is 17.9 Å². The van der Waals surface area contributed by atoms with Crippen LogP contribution in [0, 0.1) is 0 Å². The Morgan fingerprint density at radius 2 is 1.86 bits per heavy atom. The molecular weight excluding hydrogens is 464 g/mol. The largest absolute Gasteiger partial charge is 0.492 e. The summed E-state index contributed by atoms with van der Waals surface area (Å²) in [5.74, 6) is 0.933. The van der Waals surface area contributed by atoms with E-state index in [1.807, 2.05) is 6.07 Å². The van der Waals surface area contributed by atoms with Crippen molar-refractivity contribution in [1.29, 1.82) is 0 Å². The first-order valence-electron chi connectivity index (χ1n) is 8.09. The highest BCUT2D eigenvalue weighted by Crippen LogP contribution is 2.37. The SMILES string of the molecule is COc1cnc(SCc2ccc(Cl)c(Cl)c2)nc1Sc1cccc(C(F)(F)F)c1. The van der Waals surface area contributed by atoms with Crippen LogP contribution in [0.4, 0.5) is 13.2 Å². The summed E-state index contributed by atoms with van der Waals surface area (Å²) in [5, 5.41) is 1.83. The number of alkyl halides is 3. The van der Waals surface area contributed by atoms with Gasteiger partial charge in [-0.25, -0.2) is 9.97 Å². The molecule has 0 aliphatic carbocycles. The maximum absolute atomic E-state index is 13.0. The van der Waals surface area contributed by atoms with Gasteiger partial charge in [-0.1, -0.05) is 58.9 Å². The zero-order chi connectivity index (χ0) is 21.0. The third-order valence-electron chi connectivity index (χ3n) is 3.65. The van der Waals surface area contributed by atoms with Gasteiger partial charge in [0.25, 0.3) is 0 Å². The quantitative estimate of drug-likeness (QED) is 0.212. The lowest BCUT2D eigenvalue weighted by Gasteiger charge is -2.11. The Morgan fingerprint density at radius 3 is 2.55 bits per heavy atom. The molecule has 0 amide bonds. The molecule has 3 rings (SSSR count). The van der Waals surface area contributed by atoms with Crippen molar-refractivity contribution in [3.05, 3.63) is 69.8 Å². The topological polar surface area (TPSA) is 35.0 Å². The zero-order valence-corrected chi connectivity index (χ0v) is 18.0. The molecule has 3 nitrogen and oxygen atoms in total. The molecule has 29 heavy (non-hydrogen) atoms. The standard InChI is InChI=1S/C19H13Cl2F3N2OS2/c1-27-16-9-25-18(28-10-11-5-6-14(20)15(21)7-11)26-17(16)29-13-4-2-3-12(8-13)19(22,23)24/h2-9H,10H2,1H3. The lowest BCUT2D eigenvalue weighted by atomic mass is 10.2. The van der Waals surface area contributed by atoms with E-state index in [1.54, 1.807) is 18.2 Å². The fourth-order valence-electron chi connectivity index (χ4n) is 2.25. The van der Waals surface area contributed by atoms with Crippen LogP contribution in [0.2, 0.25) is 10.0 Å². The molecule has 152 valence electrons. The molecular formula is C19H13Cl2F3N2OS2. The van der Waals surface area contributed by atoms with Crippen LogP contribution >= 0.6 is 46.7 Å². The van der Waals surface area contributed by atoms with Crippen molar-refractivity contribution in [2.75, 3.05) is 7.11 Å². The minimum atomic E-state index is -4.41. The minimum absolute atomic E-state index is 0.381. The van der Waals surface area contributed by atoms with E-state index in [9.17, 15) is 13.2 Å². The first kappa shape index (κ1) is 22.1. The Balaban J connectivity index is 1.79. The summed E-state index contributed by atoms with van der Waals surface area (Å²) >= 11 is 14.4. The smallest absolute Gasteiger partial charge is 0.416 e. The van der Waals surface area contributed by atoms with Crippen molar-refractivity contribution in [2.45, 2.75) is 27.0 Å². The first-order valence-corrected chi connectivity index (χ1v) is 10.6. The van der Waals surface area contributed by atoms with Crippen molar-refractivity contribution in [3.8, 4) is 5.75 Å². The summed E-state index contributed by atoms with van der Waals surface area (Å²) in [6.45, 7) is 0. The molecule has 0 fully saturated rings. The number of thioether (sulfide) groups is 1. The summed E-state index contributed by atoms with van der Waals surface area (Å²) in [4.78, 5) is 9.07. The summed E-state index contributed by atoms with van der Waals surface area (Å²) < 4.78 is 44.1. The van der Waals surface area contributed by atoms with Gasteiger partial charge in [0, 0.05) is 10.6 Å². The fourth-order valence-corrected chi connectivity index (χ4v) is 4.31. The average Bonchev–Trinajstić information content (AvgIpc) is 2.68. The number of ether oxygens (including phenoxy) is 1. The molecule has 2 aromatic carbocycles. The van der Waals surface area contributed by atoms with Crippen LogP contribution in [-0.2, 0) is 11.9 Å². The summed E-state index contributed by atoms with van der Waals surface area (Å²) in [5.41, 5.74) is 0.223. The molecule has 0 unspecified atom stereocenters. The van der Waals surface area contributed by atoms with Crippen LogP contribution in [0.3, 0.4) is 0 Å². The van der Waals surface area contributed by atoms with E-state index in [0.29, 0.717) is 36.6 Å². The van der Waals surface area contributed by atoms with Crippen molar-refractivity contribution in [1.82, 2.24) is 9.97 Å². The van der Waals surface area contributed by atoms with Gasteiger partial charge in [-0.3, -0.25) is 0 Å². The fraction of sp³-hybridized carbons (Fsp3) is 0.158. The van der Waals surface area contributed by atoms with Gasteiger partial charge in [0.05, 0.1) is 28.9 Å². The van der Waals surface area contributed by atoms with E-state index in [4.69, 9.17) is 27.9 Å². The molecule has 3 aromatic rings. The molecule has 0 radical (unpaired) electrons. The summed E-state index contributed by atoms with van der Waals surface area (Å²) in [6, 6.07) is 10.4. The number of methoxy groups -OCH3 is 1. The lowest BCUT2D eigenvalue weighted by Crippen LogP contribution is -2.04. The molecule has 0 saturated heterocycles. The highest BCUT2D eigenvalue weighted by molar-refractivity contribution is 7.99. The number of aromatic nitrogens is 2. The third kappa shape index (κ3) is 5.94. The summed E-state index contributed by atoms with van der Waals surface area (Å²) in [7, 11) is 1.46. The van der Waals surface area contributed by atoms with Crippen molar-refractivity contribution >= 4 is 46.7 Å². The van der Waals surface area contributed by atoms with Gasteiger partial charge in [-0.2, -0.15) is 13.2 Å². The molecule has 0 aliphatic rings. The Hall–Kier alpha value is -1.61. The van der Waals surface area contributed by atoms with Crippen LogP contribution in [0.25, 0.3) is 0 Å². The lowest BCUT2D eigenvalue weighted by molar-refractivity contribution is -0.137. The predicted octanol–water partition coefficient (Wildman–Crippen LogP) is 7.25. The van der Waals surface area contributed by atoms with Crippen LogP contribution in [0.5, 0.6) is 5.75 Å². The molecule has 10 heteroatoms. The highest BCUT2D eigenvalue weighted by atomic mass is 35.5. The highest BCUT2D eigenvalue weighted by Gasteiger charge is 2.30.